The molecule has 0 fully saturated rings. The molecule has 1 aromatic carbocycles. The van der Waals surface area contributed by atoms with Gasteiger partial charge in [0, 0.05) is 12.5 Å². The van der Waals surface area contributed by atoms with E-state index in [-0.39, 0.29) is 17.2 Å². The largest absolute Gasteiger partial charge is 0.383 e. The van der Waals surface area contributed by atoms with Crippen LogP contribution in [-0.4, -0.2) is 9.97 Å². The molecule has 5 heteroatoms. The van der Waals surface area contributed by atoms with Crippen molar-refractivity contribution in [2.75, 3.05) is 5.73 Å². The number of H-pyrrole nitrogens is 1. The number of anilines is 1. The lowest BCUT2D eigenvalue weighted by Crippen LogP contribution is -2.12. The molecule has 0 amide bonds. The van der Waals surface area contributed by atoms with Crippen LogP contribution in [0.2, 0.25) is 0 Å². The zero-order valence-electron chi connectivity index (χ0n) is 8.40. The number of nitrogen functional groups attached to an aromatic ring is 1. The zero-order chi connectivity index (χ0) is 11.5. The number of benzene rings is 1. The van der Waals surface area contributed by atoms with Gasteiger partial charge in [-0.2, -0.15) is 0 Å². The number of rotatable bonds is 2. The van der Waals surface area contributed by atoms with E-state index < -0.39 is 0 Å². The van der Waals surface area contributed by atoms with Gasteiger partial charge in [-0.05, 0) is 17.7 Å². The predicted molar refractivity (Wildman–Crippen MR) is 58.5 cm³/mol. The molecule has 82 valence electrons. The fourth-order valence-electron chi connectivity index (χ4n) is 1.45. The van der Waals surface area contributed by atoms with Gasteiger partial charge < -0.3 is 10.7 Å². The van der Waals surface area contributed by atoms with Crippen molar-refractivity contribution in [1.29, 1.82) is 0 Å². The molecule has 3 N–H and O–H groups in total. The van der Waals surface area contributed by atoms with Crippen molar-refractivity contribution in [3.8, 4) is 0 Å². The fraction of sp³-hybridized carbons (Fsp3) is 0.0909. The fourth-order valence-corrected chi connectivity index (χ4v) is 1.45. The number of aromatic nitrogens is 2. The maximum absolute atomic E-state index is 12.9. The minimum absolute atomic E-state index is 0.162. The predicted octanol–water partition coefficient (Wildman–Crippen LogP) is 1.08. The lowest BCUT2D eigenvalue weighted by molar-refractivity contribution is 0.625. The molecule has 0 aliphatic heterocycles. The van der Waals surface area contributed by atoms with Gasteiger partial charge in [-0.15, -0.1) is 0 Å². The number of nitrogens with two attached hydrogens (primary N) is 1. The topological polar surface area (TPSA) is 71.8 Å². The third kappa shape index (κ3) is 2.44. The summed E-state index contributed by atoms with van der Waals surface area (Å²) in [7, 11) is 0. The van der Waals surface area contributed by atoms with E-state index in [1.807, 2.05) is 0 Å². The smallest absolute Gasteiger partial charge is 0.252 e. The van der Waals surface area contributed by atoms with E-state index in [1.54, 1.807) is 12.1 Å². The van der Waals surface area contributed by atoms with Gasteiger partial charge in [0.25, 0.3) is 5.56 Å². The van der Waals surface area contributed by atoms with Crippen LogP contribution in [0.15, 0.2) is 35.1 Å². The first-order valence-corrected chi connectivity index (χ1v) is 4.73. The monoisotopic (exact) mass is 219 g/mol. The van der Waals surface area contributed by atoms with Crippen LogP contribution in [0.25, 0.3) is 0 Å². The lowest BCUT2D eigenvalue weighted by atomic mass is 10.1. The molecule has 0 aliphatic carbocycles. The number of nitrogens with zero attached hydrogens (tertiary/aromatic N) is 1. The van der Waals surface area contributed by atoms with E-state index in [4.69, 9.17) is 5.73 Å². The van der Waals surface area contributed by atoms with Crippen molar-refractivity contribution in [2.24, 2.45) is 0 Å². The normalized spacial score (nSPS) is 10.3. The van der Waals surface area contributed by atoms with Gasteiger partial charge in [0.05, 0.1) is 0 Å². The molecule has 0 bridgehead atoms. The van der Waals surface area contributed by atoms with Crippen LogP contribution >= 0.6 is 0 Å². The highest BCUT2D eigenvalue weighted by Crippen LogP contribution is 2.07. The Balaban J connectivity index is 2.30. The highest BCUT2D eigenvalue weighted by atomic mass is 19.1. The summed E-state index contributed by atoms with van der Waals surface area (Å²) in [6, 6.07) is 7.32. The first-order chi connectivity index (χ1) is 7.63. The van der Waals surface area contributed by atoms with Gasteiger partial charge in [0.1, 0.15) is 17.5 Å². The number of hydrogen-bond donors (Lipinski definition) is 2. The molecule has 0 spiro atoms. The van der Waals surface area contributed by atoms with E-state index in [1.165, 1.54) is 18.2 Å². The Bertz CT molecular complexity index is 565. The van der Waals surface area contributed by atoms with Crippen molar-refractivity contribution in [2.45, 2.75) is 6.42 Å². The van der Waals surface area contributed by atoms with Crippen LogP contribution in [0.5, 0.6) is 0 Å². The molecule has 0 unspecified atom stereocenters. The zero-order valence-corrected chi connectivity index (χ0v) is 8.40. The molecule has 0 radical (unpaired) electrons. The van der Waals surface area contributed by atoms with Crippen LogP contribution in [0.1, 0.15) is 11.4 Å². The Hall–Kier alpha value is -2.17. The summed E-state index contributed by atoms with van der Waals surface area (Å²) in [4.78, 5) is 17.6. The second-order valence-electron chi connectivity index (χ2n) is 3.42. The second-order valence-corrected chi connectivity index (χ2v) is 3.42. The van der Waals surface area contributed by atoms with E-state index >= 15 is 0 Å². The molecular formula is C11H10FN3O. The van der Waals surface area contributed by atoms with E-state index in [0.29, 0.717) is 12.2 Å². The van der Waals surface area contributed by atoms with Crippen molar-refractivity contribution in [1.82, 2.24) is 9.97 Å². The molecule has 4 nitrogen and oxygen atoms in total. The lowest BCUT2D eigenvalue weighted by Gasteiger charge is -2.01. The molecule has 2 aromatic rings. The molecule has 0 aliphatic rings. The minimum Gasteiger partial charge on any atom is -0.383 e. The van der Waals surface area contributed by atoms with Gasteiger partial charge in [-0.25, -0.2) is 9.37 Å². The van der Waals surface area contributed by atoms with Gasteiger partial charge in [-0.3, -0.25) is 4.79 Å². The van der Waals surface area contributed by atoms with Gasteiger partial charge in [0.15, 0.2) is 0 Å². The summed E-state index contributed by atoms with van der Waals surface area (Å²) < 4.78 is 12.9. The van der Waals surface area contributed by atoms with E-state index in [2.05, 4.69) is 9.97 Å². The van der Waals surface area contributed by atoms with Crippen molar-refractivity contribution in [3.05, 3.63) is 57.9 Å². The molecule has 0 saturated carbocycles. The number of nitrogens with one attached hydrogen (secondary N) is 1. The third-order valence-electron chi connectivity index (χ3n) is 2.07. The molecule has 16 heavy (non-hydrogen) atoms. The Morgan fingerprint density at radius 1 is 1.38 bits per heavy atom. The van der Waals surface area contributed by atoms with E-state index in [0.717, 1.165) is 5.56 Å². The first kappa shape index (κ1) is 10.4. The molecule has 2 rings (SSSR count). The van der Waals surface area contributed by atoms with Crippen LogP contribution in [0.3, 0.4) is 0 Å². The van der Waals surface area contributed by atoms with Crippen molar-refractivity contribution >= 4 is 5.82 Å². The SMILES string of the molecule is Nc1cc(=O)[nH]c(Cc2cccc(F)c2)n1. The number of aromatic amines is 1. The maximum Gasteiger partial charge on any atom is 0.252 e. The van der Waals surface area contributed by atoms with E-state index in [9.17, 15) is 9.18 Å². The molecule has 1 aromatic heterocycles. The average Bonchev–Trinajstić information content (AvgIpc) is 2.15. The van der Waals surface area contributed by atoms with Crippen LogP contribution in [-0.2, 0) is 6.42 Å². The summed E-state index contributed by atoms with van der Waals surface area (Å²) in [5.41, 5.74) is 5.86. The average molecular weight is 219 g/mol. The van der Waals surface area contributed by atoms with Crippen LogP contribution in [0.4, 0.5) is 10.2 Å². The maximum atomic E-state index is 12.9. The molecule has 0 atom stereocenters. The minimum atomic E-state index is -0.316. The van der Waals surface area contributed by atoms with Crippen LogP contribution in [0, 0.1) is 5.82 Å². The second kappa shape index (κ2) is 4.14. The third-order valence-corrected chi connectivity index (χ3v) is 2.07. The molecule has 0 saturated heterocycles. The summed E-state index contributed by atoms with van der Waals surface area (Å²) in [6.45, 7) is 0. The van der Waals surface area contributed by atoms with Gasteiger partial charge in [-0.1, -0.05) is 12.1 Å². The highest BCUT2D eigenvalue weighted by Gasteiger charge is 2.01. The Kier molecular flexibility index (Phi) is 2.68. The summed E-state index contributed by atoms with van der Waals surface area (Å²) in [5, 5.41) is 0. The summed E-state index contributed by atoms with van der Waals surface area (Å²) in [5.74, 6) is 0.273. The Morgan fingerprint density at radius 2 is 2.19 bits per heavy atom. The summed E-state index contributed by atoms with van der Waals surface area (Å²) >= 11 is 0. The quantitative estimate of drug-likeness (QED) is 0.793. The first-order valence-electron chi connectivity index (χ1n) is 4.73. The van der Waals surface area contributed by atoms with Gasteiger partial charge in [0.2, 0.25) is 0 Å². The highest BCUT2D eigenvalue weighted by molar-refractivity contribution is 5.27. The van der Waals surface area contributed by atoms with Crippen LogP contribution < -0.4 is 11.3 Å². The number of halogens is 1. The van der Waals surface area contributed by atoms with Gasteiger partial charge >= 0.3 is 0 Å². The molecular weight excluding hydrogens is 209 g/mol. The molecule has 1 heterocycles. The standard InChI is InChI=1S/C11H10FN3O/c12-8-3-1-2-7(4-8)5-10-14-9(13)6-11(16)15-10/h1-4,6H,5H2,(H3,13,14,15,16). The Labute approximate surface area is 91.0 Å². The number of hydrogen-bond acceptors (Lipinski definition) is 3. The Morgan fingerprint density at radius 3 is 2.88 bits per heavy atom. The van der Waals surface area contributed by atoms with Crippen molar-refractivity contribution < 1.29 is 4.39 Å². The van der Waals surface area contributed by atoms with Crippen molar-refractivity contribution in [3.63, 3.8) is 0 Å². The summed E-state index contributed by atoms with van der Waals surface area (Å²) in [6.07, 6.45) is 0.345.